The van der Waals surface area contributed by atoms with E-state index in [-0.39, 0.29) is 5.56 Å². The third-order valence-corrected chi connectivity index (χ3v) is 5.63. The van der Waals surface area contributed by atoms with Gasteiger partial charge in [-0.3, -0.25) is 14.7 Å². The Morgan fingerprint density at radius 1 is 1.36 bits per heavy atom. The van der Waals surface area contributed by atoms with Crippen LogP contribution in [0.1, 0.15) is 26.6 Å². The van der Waals surface area contributed by atoms with Crippen LogP contribution in [0.4, 0.5) is 0 Å². The molecule has 3 aromatic heterocycles. The average Bonchev–Trinajstić information content (AvgIpc) is 2.93. The minimum atomic E-state index is -0.0354. The molecule has 0 radical (unpaired) electrons. The summed E-state index contributed by atoms with van der Waals surface area (Å²) in [5, 5.41) is 0. The molecule has 0 aromatic carbocycles. The second-order valence-corrected chi connectivity index (χ2v) is 7.94. The molecule has 0 amide bonds. The predicted molar refractivity (Wildman–Crippen MR) is 99.7 cm³/mol. The van der Waals surface area contributed by atoms with Gasteiger partial charge in [0, 0.05) is 53.8 Å². The lowest BCUT2D eigenvalue weighted by Crippen LogP contribution is -2.35. The van der Waals surface area contributed by atoms with E-state index in [1.54, 1.807) is 12.4 Å². The molecule has 128 valence electrons. The van der Waals surface area contributed by atoms with E-state index in [4.69, 9.17) is 0 Å². The van der Waals surface area contributed by atoms with Crippen LogP contribution in [0.25, 0.3) is 11.4 Å². The molecule has 5 nitrogen and oxygen atoms in total. The summed E-state index contributed by atoms with van der Waals surface area (Å²) in [6.45, 7) is 6.77. The van der Waals surface area contributed by atoms with Gasteiger partial charge in [-0.05, 0) is 37.6 Å². The lowest BCUT2D eigenvalue weighted by atomic mass is 10.1. The van der Waals surface area contributed by atoms with Crippen LogP contribution in [0.5, 0.6) is 0 Å². The van der Waals surface area contributed by atoms with Gasteiger partial charge in [0.15, 0.2) is 0 Å². The molecular weight excluding hydrogens is 332 g/mol. The van der Waals surface area contributed by atoms with E-state index in [0.717, 1.165) is 36.3 Å². The van der Waals surface area contributed by atoms with Gasteiger partial charge >= 0.3 is 0 Å². The number of thiophene rings is 1. The summed E-state index contributed by atoms with van der Waals surface area (Å²) in [7, 11) is 0. The largest absolute Gasteiger partial charge is 0.306 e. The van der Waals surface area contributed by atoms with Gasteiger partial charge in [0.25, 0.3) is 5.56 Å². The third-order valence-electron chi connectivity index (χ3n) is 4.62. The fourth-order valence-electron chi connectivity index (χ4n) is 3.34. The molecule has 0 saturated heterocycles. The maximum absolute atomic E-state index is 12.6. The summed E-state index contributed by atoms with van der Waals surface area (Å²) in [6.07, 6.45) is 4.24. The van der Waals surface area contributed by atoms with Crippen molar-refractivity contribution in [1.29, 1.82) is 0 Å². The Bertz CT molecular complexity index is 961. The maximum atomic E-state index is 12.6. The van der Waals surface area contributed by atoms with Gasteiger partial charge in [-0.25, -0.2) is 4.98 Å². The first-order chi connectivity index (χ1) is 12.1. The molecule has 0 saturated carbocycles. The molecular formula is C19H20N4OS. The maximum Gasteiger partial charge on any atom is 0.255 e. The zero-order valence-electron chi connectivity index (χ0n) is 14.4. The number of fused-ring (bicyclic) bond motifs is 1. The van der Waals surface area contributed by atoms with Gasteiger partial charge in [0.1, 0.15) is 5.82 Å². The lowest BCUT2D eigenvalue weighted by Gasteiger charge is -2.27. The SMILES string of the molecule is Cc1cc(CN2CCc3nc(-c4cccnc4)[nH]c(=O)c3C2)c(C)s1. The summed E-state index contributed by atoms with van der Waals surface area (Å²) in [5.41, 5.74) is 3.88. The average molecular weight is 352 g/mol. The Morgan fingerprint density at radius 3 is 2.96 bits per heavy atom. The van der Waals surface area contributed by atoms with E-state index in [0.29, 0.717) is 12.4 Å². The van der Waals surface area contributed by atoms with E-state index in [9.17, 15) is 4.79 Å². The molecule has 4 rings (SSSR count). The van der Waals surface area contributed by atoms with Crippen molar-refractivity contribution in [2.45, 2.75) is 33.4 Å². The van der Waals surface area contributed by atoms with Crippen LogP contribution in [0, 0.1) is 13.8 Å². The summed E-state index contributed by atoms with van der Waals surface area (Å²) >= 11 is 1.83. The van der Waals surface area contributed by atoms with Crippen LogP contribution in [0.15, 0.2) is 35.4 Å². The Hall–Kier alpha value is -2.31. The van der Waals surface area contributed by atoms with Crippen molar-refractivity contribution < 1.29 is 0 Å². The zero-order chi connectivity index (χ0) is 17.4. The van der Waals surface area contributed by atoms with Crippen molar-refractivity contribution >= 4 is 11.3 Å². The van der Waals surface area contributed by atoms with Crippen molar-refractivity contribution in [3.8, 4) is 11.4 Å². The summed E-state index contributed by atoms with van der Waals surface area (Å²) < 4.78 is 0. The fourth-order valence-corrected chi connectivity index (χ4v) is 4.28. The van der Waals surface area contributed by atoms with Crippen LogP contribution in [0.3, 0.4) is 0 Å². The van der Waals surface area contributed by atoms with E-state index in [2.05, 4.69) is 39.8 Å². The Labute approximate surface area is 150 Å². The molecule has 25 heavy (non-hydrogen) atoms. The van der Waals surface area contributed by atoms with Crippen LogP contribution in [-0.4, -0.2) is 26.4 Å². The molecule has 0 unspecified atom stereocenters. The smallest absolute Gasteiger partial charge is 0.255 e. The molecule has 0 spiro atoms. The minimum Gasteiger partial charge on any atom is -0.306 e. The van der Waals surface area contributed by atoms with Gasteiger partial charge in [-0.1, -0.05) is 0 Å². The van der Waals surface area contributed by atoms with E-state index < -0.39 is 0 Å². The summed E-state index contributed by atoms with van der Waals surface area (Å²) in [4.78, 5) is 29.3. The number of nitrogens with one attached hydrogen (secondary N) is 1. The van der Waals surface area contributed by atoms with Crippen LogP contribution < -0.4 is 5.56 Å². The van der Waals surface area contributed by atoms with Crippen molar-refractivity contribution in [3.05, 3.63) is 67.5 Å². The molecule has 1 aliphatic heterocycles. The zero-order valence-corrected chi connectivity index (χ0v) is 15.2. The highest BCUT2D eigenvalue weighted by molar-refractivity contribution is 7.12. The molecule has 1 N–H and O–H groups in total. The van der Waals surface area contributed by atoms with Crippen molar-refractivity contribution in [3.63, 3.8) is 0 Å². The third kappa shape index (κ3) is 3.27. The first kappa shape index (κ1) is 16.2. The molecule has 0 aliphatic carbocycles. The summed E-state index contributed by atoms with van der Waals surface area (Å²) in [6, 6.07) is 6.01. The normalized spacial score (nSPS) is 14.5. The summed E-state index contributed by atoms with van der Waals surface area (Å²) in [5.74, 6) is 0.606. The van der Waals surface area contributed by atoms with E-state index >= 15 is 0 Å². The van der Waals surface area contributed by atoms with Gasteiger partial charge < -0.3 is 4.98 Å². The molecule has 1 aliphatic rings. The Balaban J connectivity index is 1.59. The van der Waals surface area contributed by atoms with E-state index in [1.807, 2.05) is 23.5 Å². The van der Waals surface area contributed by atoms with E-state index in [1.165, 1.54) is 15.3 Å². The van der Waals surface area contributed by atoms with Gasteiger partial charge in [0.05, 0.1) is 11.3 Å². The number of hydrogen-bond donors (Lipinski definition) is 1. The highest BCUT2D eigenvalue weighted by Crippen LogP contribution is 2.24. The van der Waals surface area contributed by atoms with Crippen molar-refractivity contribution in [1.82, 2.24) is 19.9 Å². The topological polar surface area (TPSA) is 61.9 Å². The molecule has 0 bridgehead atoms. The Kier molecular flexibility index (Phi) is 4.23. The molecule has 6 heteroatoms. The molecule has 4 heterocycles. The number of H-pyrrole nitrogens is 1. The quantitative estimate of drug-likeness (QED) is 0.787. The van der Waals surface area contributed by atoms with Crippen LogP contribution in [-0.2, 0) is 19.5 Å². The second-order valence-electron chi connectivity index (χ2n) is 6.48. The number of nitrogens with zero attached hydrogens (tertiary/aromatic N) is 3. The molecule has 0 atom stereocenters. The number of hydrogen-bond acceptors (Lipinski definition) is 5. The monoisotopic (exact) mass is 352 g/mol. The molecule has 0 fully saturated rings. The predicted octanol–water partition coefficient (Wildman–Crippen LogP) is 3.07. The van der Waals surface area contributed by atoms with Gasteiger partial charge in [-0.2, -0.15) is 0 Å². The minimum absolute atomic E-state index is 0.0354. The lowest BCUT2D eigenvalue weighted by molar-refractivity contribution is 0.241. The van der Waals surface area contributed by atoms with Crippen LogP contribution >= 0.6 is 11.3 Å². The number of aromatic nitrogens is 3. The number of aromatic amines is 1. The molecule has 3 aromatic rings. The first-order valence-electron chi connectivity index (χ1n) is 8.41. The first-order valence-corrected chi connectivity index (χ1v) is 9.22. The highest BCUT2D eigenvalue weighted by atomic mass is 32.1. The second kappa shape index (κ2) is 6.54. The van der Waals surface area contributed by atoms with Crippen LogP contribution in [0.2, 0.25) is 0 Å². The van der Waals surface area contributed by atoms with Crippen molar-refractivity contribution in [2.24, 2.45) is 0 Å². The number of aryl methyl sites for hydroxylation is 2. The van der Waals surface area contributed by atoms with Gasteiger partial charge in [-0.15, -0.1) is 11.3 Å². The Morgan fingerprint density at radius 2 is 2.24 bits per heavy atom. The number of pyridine rings is 1. The fraction of sp³-hybridized carbons (Fsp3) is 0.316. The van der Waals surface area contributed by atoms with Gasteiger partial charge in [0.2, 0.25) is 0 Å². The van der Waals surface area contributed by atoms with Crippen molar-refractivity contribution in [2.75, 3.05) is 6.54 Å². The standard InChI is InChI=1S/C19H20N4OS/c1-12-8-15(13(2)25-12)10-23-7-5-17-16(11-23)19(24)22-18(21-17)14-4-3-6-20-9-14/h3-4,6,8-9H,5,7,10-11H2,1-2H3,(H,21,22,24). The highest BCUT2D eigenvalue weighted by Gasteiger charge is 2.22. The number of rotatable bonds is 3.